The summed E-state index contributed by atoms with van der Waals surface area (Å²) in [6, 6.07) is 22.7. The van der Waals surface area contributed by atoms with Crippen LogP contribution < -0.4 is 5.32 Å². The predicted octanol–water partition coefficient (Wildman–Crippen LogP) is 4.90. The smallest absolute Gasteiger partial charge is 0.224 e. The lowest BCUT2D eigenvalue weighted by molar-refractivity contribution is -0.116. The molecule has 0 spiro atoms. The number of benzene rings is 3. The largest absolute Gasteiger partial charge is 0.326 e. The van der Waals surface area contributed by atoms with Crippen LogP contribution in [0.15, 0.2) is 66.7 Å². The number of rotatable bonds is 6. The molecule has 0 fully saturated rings. The van der Waals surface area contributed by atoms with Gasteiger partial charge in [0, 0.05) is 36.4 Å². The van der Waals surface area contributed by atoms with Crippen molar-refractivity contribution in [2.75, 3.05) is 5.32 Å². The van der Waals surface area contributed by atoms with Gasteiger partial charge in [-0.25, -0.2) is 0 Å². The van der Waals surface area contributed by atoms with Crippen LogP contribution in [0.3, 0.4) is 0 Å². The van der Waals surface area contributed by atoms with Crippen molar-refractivity contribution in [3.05, 3.63) is 89.5 Å². The average Bonchev–Trinajstić information content (AvgIpc) is 3.41. The summed E-state index contributed by atoms with van der Waals surface area (Å²) in [5.41, 5.74) is 3.67. The summed E-state index contributed by atoms with van der Waals surface area (Å²) in [6.07, 6.45) is 2.98. The molecule has 5 rings (SSSR count). The van der Waals surface area contributed by atoms with Crippen molar-refractivity contribution < 1.29 is 4.79 Å². The minimum Gasteiger partial charge on any atom is -0.326 e. The third kappa shape index (κ3) is 3.83. The lowest BCUT2D eigenvalue weighted by Gasteiger charge is -2.12. The van der Waals surface area contributed by atoms with E-state index in [9.17, 15) is 4.79 Å². The first-order valence-electron chi connectivity index (χ1n) is 11.0. The van der Waals surface area contributed by atoms with Crippen LogP contribution in [0.4, 0.5) is 5.69 Å². The van der Waals surface area contributed by atoms with E-state index in [1.54, 1.807) is 0 Å². The summed E-state index contributed by atoms with van der Waals surface area (Å²) in [5, 5.41) is 14.2. The van der Waals surface area contributed by atoms with Crippen LogP contribution in [0, 0.1) is 0 Å². The number of hydrogen-bond acceptors (Lipinski definition) is 3. The molecule has 0 bridgehead atoms. The van der Waals surface area contributed by atoms with E-state index in [1.807, 2.05) is 30.3 Å². The minimum atomic E-state index is -0.00294. The van der Waals surface area contributed by atoms with Gasteiger partial charge in [0.25, 0.3) is 0 Å². The molecule has 1 aliphatic rings. The maximum atomic E-state index is 12.7. The zero-order valence-corrected chi connectivity index (χ0v) is 17.7. The van der Waals surface area contributed by atoms with Gasteiger partial charge in [-0.05, 0) is 42.3 Å². The first-order chi connectivity index (χ1) is 15.2. The van der Waals surface area contributed by atoms with Gasteiger partial charge in [0.15, 0.2) is 0 Å². The van der Waals surface area contributed by atoms with Crippen molar-refractivity contribution in [2.45, 2.75) is 45.1 Å². The number of nitrogens with zero attached hydrogens (tertiary/aromatic N) is 3. The van der Waals surface area contributed by atoms with Gasteiger partial charge in [-0.1, -0.05) is 60.7 Å². The van der Waals surface area contributed by atoms with Gasteiger partial charge in [-0.15, -0.1) is 10.2 Å². The molecule has 1 heterocycles. The van der Waals surface area contributed by atoms with E-state index in [0.717, 1.165) is 47.5 Å². The third-order valence-electron chi connectivity index (χ3n) is 6.23. The Kier molecular flexibility index (Phi) is 5.24. The van der Waals surface area contributed by atoms with E-state index >= 15 is 0 Å². The second-order valence-corrected chi connectivity index (χ2v) is 8.17. The first kappa shape index (κ1) is 19.5. The Morgan fingerprint density at radius 2 is 1.68 bits per heavy atom. The topological polar surface area (TPSA) is 59.8 Å². The Bertz CT molecular complexity index is 1210. The van der Waals surface area contributed by atoms with Crippen LogP contribution in [-0.2, 0) is 30.6 Å². The summed E-state index contributed by atoms with van der Waals surface area (Å²) >= 11 is 0. The van der Waals surface area contributed by atoms with Crippen LogP contribution in [0.1, 0.15) is 42.0 Å². The Hall–Kier alpha value is -3.47. The van der Waals surface area contributed by atoms with Crippen molar-refractivity contribution in [1.29, 1.82) is 0 Å². The summed E-state index contributed by atoms with van der Waals surface area (Å²) in [6.45, 7) is 2.93. The zero-order valence-electron chi connectivity index (χ0n) is 17.7. The normalized spacial score (nSPS) is 13.5. The maximum Gasteiger partial charge on any atom is 0.224 e. The molecule has 1 N–H and O–H groups in total. The van der Waals surface area contributed by atoms with Crippen LogP contribution in [0.25, 0.3) is 10.8 Å². The standard InChI is InChI=1S/C26H26N4O/c1-2-30-24(28-29-26(30)21-16-19-9-3-4-10-20(19)17-21)14-15-25(31)27-23-13-7-11-18-8-5-6-12-22(18)23/h3-13,21H,2,14-17H2,1H3,(H,27,31). The lowest BCUT2D eigenvalue weighted by Crippen LogP contribution is -2.15. The molecule has 31 heavy (non-hydrogen) atoms. The van der Waals surface area contributed by atoms with Gasteiger partial charge in [-0.2, -0.15) is 0 Å². The quantitative estimate of drug-likeness (QED) is 0.492. The molecular formula is C26H26N4O. The molecule has 0 radical (unpaired) electrons. The van der Waals surface area contributed by atoms with E-state index in [0.29, 0.717) is 18.8 Å². The summed E-state index contributed by atoms with van der Waals surface area (Å²) in [5.74, 6) is 2.30. The van der Waals surface area contributed by atoms with Gasteiger partial charge in [0.2, 0.25) is 5.91 Å². The highest BCUT2D eigenvalue weighted by Gasteiger charge is 2.27. The summed E-state index contributed by atoms with van der Waals surface area (Å²) < 4.78 is 2.20. The van der Waals surface area contributed by atoms with E-state index in [4.69, 9.17) is 0 Å². The van der Waals surface area contributed by atoms with E-state index in [-0.39, 0.29) is 5.91 Å². The minimum absolute atomic E-state index is 0.00294. The molecule has 1 amide bonds. The van der Waals surface area contributed by atoms with Crippen LogP contribution in [0.5, 0.6) is 0 Å². The number of carbonyl (C=O) groups excluding carboxylic acids is 1. The van der Waals surface area contributed by atoms with Gasteiger partial charge in [0.05, 0.1) is 0 Å². The molecule has 1 aromatic heterocycles. The Balaban J connectivity index is 1.27. The second kappa shape index (κ2) is 8.34. The molecule has 5 nitrogen and oxygen atoms in total. The SMILES string of the molecule is CCn1c(CCC(=O)Nc2cccc3ccccc23)nnc1C1Cc2ccccc2C1. The number of aryl methyl sites for hydroxylation is 1. The molecule has 3 aromatic carbocycles. The molecule has 0 saturated carbocycles. The lowest BCUT2D eigenvalue weighted by atomic mass is 10.1. The Morgan fingerprint density at radius 1 is 0.968 bits per heavy atom. The molecular weight excluding hydrogens is 384 g/mol. The van der Waals surface area contributed by atoms with Crippen molar-refractivity contribution in [2.24, 2.45) is 0 Å². The van der Waals surface area contributed by atoms with Crippen LogP contribution in [-0.4, -0.2) is 20.7 Å². The predicted molar refractivity (Wildman–Crippen MR) is 123 cm³/mol. The number of anilines is 1. The number of hydrogen-bond donors (Lipinski definition) is 1. The number of amides is 1. The maximum absolute atomic E-state index is 12.7. The number of aromatic nitrogens is 3. The highest BCUT2D eigenvalue weighted by Crippen LogP contribution is 2.33. The van der Waals surface area contributed by atoms with Crippen molar-refractivity contribution >= 4 is 22.4 Å². The van der Waals surface area contributed by atoms with Gasteiger partial charge in [0.1, 0.15) is 11.6 Å². The molecule has 156 valence electrons. The van der Waals surface area contributed by atoms with E-state index in [2.05, 4.69) is 63.4 Å². The van der Waals surface area contributed by atoms with Crippen LogP contribution >= 0.6 is 0 Å². The van der Waals surface area contributed by atoms with Gasteiger partial charge < -0.3 is 9.88 Å². The number of fused-ring (bicyclic) bond motifs is 2. The average molecular weight is 411 g/mol. The fourth-order valence-electron chi connectivity index (χ4n) is 4.69. The van der Waals surface area contributed by atoms with Crippen molar-refractivity contribution in [3.8, 4) is 0 Å². The Morgan fingerprint density at radius 3 is 2.45 bits per heavy atom. The van der Waals surface area contributed by atoms with Crippen LogP contribution in [0.2, 0.25) is 0 Å². The number of carbonyl (C=O) groups is 1. The molecule has 0 saturated heterocycles. The zero-order chi connectivity index (χ0) is 21.2. The molecule has 5 heteroatoms. The summed E-state index contributed by atoms with van der Waals surface area (Å²) in [7, 11) is 0. The summed E-state index contributed by atoms with van der Waals surface area (Å²) in [4.78, 5) is 12.7. The number of nitrogens with one attached hydrogen (secondary N) is 1. The Labute approximate surface area is 182 Å². The second-order valence-electron chi connectivity index (χ2n) is 8.17. The monoisotopic (exact) mass is 410 g/mol. The fourth-order valence-corrected chi connectivity index (χ4v) is 4.69. The highest BCUT2D eigenvalue weighted by atomic mass is 16.1. The van der Waals surface area contributed by atoms with E-state index in [1.165, 1.54) is 11.1 Å². The molecule has 1 aliphatic carbocycles. The highest BCUT2D eigenvalue weighted by molar-refractivity contribution is 6.02. The van der Waals surface area contributed by atoms with Crippen molar-refractivity contribution in [1.82, 2.24) is 14.8 Å². The molecule has 0 atom stereocenters. The fraction of sp³-hybridized carbons (Fsp3) is 0.269. The van der Waals surface area contributed by atoms with Gasteiger partial charge in [-0.3, -0.25) is 4.79 Å². The van der Waals surface area contributed by atoms with Crippen molar-refractivity contribution in [3.63, 3.8) is 0 Å². The first-order valence-corrected chi connectivity index (χ1v) is 11.0. The molecule has 0 unspecified atom stereocenters. The molecule has 0 aliphatic heterocycles. The van der Waals surface area contributed by atoms with E-state index < -0.39 is 0 Å². The third-order valence-corrected chi connectivity index (χ3v) is 6.23. The molecule has 4 aromatic rings. The van der Waals surface area contributed by atoms with Gasteiger partial charge >= 0.3 is 0 Å².